The lowest BCUT2D eigenvalue weighted by Crippen LogP contribution is -2.47. The first-order chi connectivity index (χ1) is 48.9. The van der Waals surface area contributed by atoms with Gasteiger partial charge in [-0.1, -0.05) is 67.8 Å². The molecule has 5 rings (SSSR count). The second-order valence-corrected chi connectivity index (χ2v) is 23.3. The van der Waals surface area contributed by atoms with Crippen LogP contribution in [0.25, 0.3) is 62.7 Å². The van der Waals surface area contributed by atoms with Gasteiger partial charge in [0.25, 0.3) is 0 Å². The number of unbranched alkanes of at least 4 members (excludes halogenated alkanes) is 2. The van der Waals surface area contributed by atoms with Gasteiger partial charge in [-0.15, -0.1) is 0 Å². The average Bonchev–Trinajstić information content (AvgIpc) is 1.75. The Bertz CT molecular complexity index is 3060. The molecule has 0 aromatic heterocycles. The summed E-state index contributed by atoms with van der Waals surface area (Å²) in [7, 11) is 0. The third-order valence-corrected chi connectivity index (χ3v) is 15.3. The molecule has 11 atom stereocenters. The molecule has 0 saturated carbocycles. The fourth-order valence-electron chi connectivity index (χ4n) is 9.34. The van der Waals surface area contributed by atoms with Crippen LogP contribution in [0.15, 0.2) is 55.0 Å². The standard InChI is InChI=1S/C11H20N4O3.C10H17N5O3.C10H12N4O2.C9H15N5O3.2C8H14N6O3/c12-10(11(17)18)7-3-1-2-5-9(16)6-4-8-14-15-13;11-8(10(17)18)1-2-9(16)15-4-3-7(6-15)5-13-14-12;11-9(10(15)16)5-7-1-3-8(4-2-7)6-13-14-12;10-7(9(16)17)1-2-8(15)14-4-3-6(5-14)12-13-11;9-5(8(16)17)3-12-7(15)6-1-4(2-11-6)13-14-10;9-6(7(15)16)3-11-8(17)14-2-1-5(4-14)12-13-10/h10H,1-8,12H2,(H,17,18);7-8H,1-6,11H2,(H,17,18);1-4,9H,5-6,11H2,(H,15,16);6-7H,1-5,10H2,(H,16,17);4-6,11H,1-3,9H2,(H,12,15)(H,16,17);5-6H,1-4,9H2,(H,11,17)(H,15,16)/t10-;7?,8-;9-;6?,7-;4?,5-,6?;5?,6-/m000000/s1. The number of nitrogens with zero attached hydrogens (tertiary/aromatic N) is 21. The first kappa shape index (κ1) is 92.0. The number of aliphatic carboxylic acids is 6. The lowest BCUT2D eigenvalue weighted by molar-refractivity contribution is -0.140. The molecule has 4 fully saturated rings. The van der Waals surface area contributed by atoms with Gasteiger partial charge in [-0.25, -0.2) is 4.79 Å². The number of nitrogens with two attached hydrogens (primary N) is 6. The number of ketones is 1. The molecule has 0 aliphatic carbocycles. The van der Waals surface area contributed by atoms with Crippen molar-refractivity contribution in [3.8, 4) is 0 Å². The summed E-state index contributed by atoms with van der Waals surface area (Å²) >= 11 is 0. The Morgan fingerprint density at radius 3 is 1.44 bits per heavy atom. The summed E-state index contributed by atoms with van der Waals surface area (Å²) in [5.74, 6) is -6.73. The number of benzene rings is 1. The summed E-state index contributed by atoms with van der Waals surface area (Å²) in [6.45, 7) is 4.22. The van der Waals surface area contributed by atoms with E-state index in [9.17, 15) is 52.7 Å². The molecule has 47 nitrogen and oxygen atoms in total. The highest BCUT2D eigenvalue weighted by molar-refractivity contribution is 5.84. The number of carbonyl (C=O) groups excluding carboxylic acids is 5. The molecule has 21 N–H and O–H groups in total. The zero-order valence-corrected chi connectivity index (χ0v) is 56.5. The van der Waals surface area contributed by atoms with E-state index in [-0.39, 0.29) is 92.7 Å². The maximum atomic E-state index is 11.8. The Morgan fingerprint density at radius 1 is 0.485 bits per heavy atom. The van der Waals surface area contributed by atoms with Crippen LogP contribution in [0.1, 0.15) is 107 Å². The van der Waals surface area contributed by atoms with E-state index >= 15 is 0 Å². The number of rotatable bonds is 36. The molecule has 4 saturated heterocycles. The number of azide groups is 6. The Hall–Kier alpha value is -11.0. The van der Waals surface area contributed by atoms with Gasteiger partial charge in [-0.2, -0.15) is 0 Å². The molecule has 4 aliphatic rings. The van der Waals surface area contributed by atoms with Gasteiger partial charge in [0, 0.05) is 127 Å². The number of likely N-dealkylation sites (tertiary alicyclic amines) is 3. The monoisotopic (exact) mass is 1460 g/mol. The second-order valence-electron chi connectivity index (χ2n) is 23.3. The molecule has 0 radical (unpaired) electrons. The van der Waals surface area contributed by atoms with E-state index in [1.54, 1.807) is 34.1 Å². The maximum absolute atomic E-state index is 11.8. The van der Waals surface area contributed by atoms with E-state index in [1.807, 2.05) is 0 Å². The fraction of sp³-hybridized carbons (Fsp3) is 0.696. The maximum Gasteiger partial charge on any atom is 0.322 e. The highest BCUT2D eigenvalue weighted by Gasteiger charge is 2.31. The number of hydrogen-bond acceptors (Lipinski definition) is 24. The molecule has 4 heterocycles. The van der Waals surface area contributed by atoms with E-state index in [1.165, 1.54) is 4.90 Å². The Balaban J connectivity index is 0.00000121. The minimum Gasteiger partial charge on any atom is -0.480 e. The summed E-state index contributed by atoms with van der Waals surface area (Å²) in [6.07, 6.45) is 7.55. The molecule has 0 bridgehead atoms. The molecule has 5 amide bonds. The molecule has 0 spiro atoms. The second kappa shape index (κ2) is 53.8. The summed E-state index contributed by atoms with van der Waals surface area (Å²) in [6, 6.07) is -0.253. The average molecular weight is 1460 g/mol. The molecular weight excluding hydrogens is 1360 g/mol. The van der Waals surface area contributed by atoms with Crippen LogP contribution in [-0.4, -0.2) is 243 Å². The molecule has 1 aromatic carbocycles. The zero-order valence-electron chi connectivity index (χ0n) is 56.5. The predicted molar refractivity (Wildman–Crippen MR) is 364 cm³/mol. The van der Waals surface area contributed by atoms with Crippen molar-refractivity contribution in [3.63, 3.8) is 0 Å². The van der Waals surface area contributed by atoms with Gasteiger partial charge >= 0.3 is 41.8 Å². The van der Waals surface area contributed by atoms with E-state index < -0.39 is 84.1 Å². The Morgan fingerprint density at radius 2 is 0.932 bits per heavy atom. The number of hydrogen-bond donors (Lipinski definition) is 15. The summed E-state index contributed by atoms with van der Waals surface area (Å²) in [5.41, 5.74) is 82.7. The molecule has 5 unspecified atom stereocenters. The molecule has 568 valence electrons. The van der Waals surface area contributed by atoms with E-state index in [2.05, 4.69) is 76.1 Å². The van der Waals surface area contributed by atoms with Crippen molar-refractivity contribution < 1.29 is 83.4 Å². The molecule has 1 aromatic rings. The van der Waals surface area contributed by atoms with Crippen LogP contribution in [0.5, 0.6) is 0 Å². The fourth-order valence-corrected chi connectivity index (χ4v) is 9.34. The van der Waals surface area contributed by atoms with Crippen LogP contribution in [0.4, 0.5) is 4.79 Å². The zero-order chi connectivity index (χ0) is 77.8. The van der Waals surface area contributed by atoms with Gasteiger partial charge < -0.3 is 95.7 Å². The molecule has 47 heteroatoms. The van der Waals surface area contributed by atoms with E-state index in [0.717, 1.165) is 36.8 Å². The highest BCUT2D eigenvalue weighted by Crippen LogP contribution is 2.19. The third kappa shape index (κ3) is 42.6. The van der Waals surface area contributed by atoms with E-state index in [4.69, 9.17) is 98.2 Å². The van der Waals surface area contributed by atoms with Crippen molar-refractivity contribution in [2.45, 2.75) is 170 Å². The minimum absolute atomic E-state index is 0.0878. The number of carbonyl (C=O) groups is 11. The number of urea groups is 1. The van der Waals surface area contributed by atoms with Crippen molar-refractivity contribution >= 4 is 65.4 Å². The summed E-state index contributed by atoms with van der Waals surface area (Å²) in [5, 5.41) is 80.0. The number of amides is 5. The lowest BCUT2D eigenvalue weighted by Gasteiger charge is -2.17. The van der Waals surface area contributed by atoms with Crippen molar-refractivity contribution in [2.24, 2.45) is 71.0 Å². The number of carboxylic acids is 6. The predicted octanol–water partition coefficient (Wildman–Crippen LogP) is 1.93. The van der Waals surface area contributed by atoms with E-state index in [0.29, 0.717) is 110 Å². The molecule has 4 aliphatic heterocycles. The van der Waals surface area contributed by atoms with Crippen LogP contribution in [0, 0.1) is 5.92 Å². The Kier molecular flexibility index (Phi) is 48.1. The van der Waals surface area contributed by atoms with Crippen molar-refractivity contribution in [2.75, 3.05) is 72.0 Å². The minimum atomic E-state index is -1.17. The van der Waals surface area contributed by atoms with Crippen molar-refractivity contribution in [1.29, 1.82) is 0 Å². The molecular formula is C56H92N30O17. The first-order valence-electron chi connectivity index (χ1n) is 32.1. The van der Waals surface area contributed by atoms with Crippen LogP contribution >= 0.6 is 0 Å². The highest BCUT2D eigenvalue weighted by atomic mass is 16.4. The van der Waals surface area contributed by atoms with Gasteiger partial charge in [-0.3, -0.25) is 47.9 Å². The van der Waals surface area contributed by atoms with Crippen LogP contribution in [0.3, 0.4) is 0 Å². The first-order valence-corrected chi connectivity index (χ1v) is 32.1. The number of nitrogens with one attached hydrogen (secondary N) is 3. The number of Topliss-reactive ketones (excluding diaryl/α,β-unsaturated/α-hetero) is 1. The number of carboxylic acid groups (broad SMARTS) is 6. The van der Waals surface area contributed by atoms with Crippen molar-refractivity contribution in [3.05, 3.63) is 98.0 Å². The van der Waals surface area contributed by atoms with Crippen LogP contribution < -0.4 is 50.4 Å². The molecule has 103 heavy (non-hydrogen) atoms. The summed E-state index contributed by atoms with van der Waals surface area (Å²) in [4.78, 5) is 141. The summed E-state index contributed by atoms with van der Waals surface area (Å²) < 4.78 is 0. The van der Waals surface area contributed by atoms with Gasteiger partial charge in [0.1, 0.15) is 42.0 Å². The van der Waals surface area contributed by atoms with Gasteiger partial charge in [0.2, 0.25) is 17.7 Å². The normalized spacial score (nSPS) is 18.3. The van der Waals surface area contributed by atoms with Crippen molar-refractivity contribution in [1.82, 2.24) is 30.7 Å². The topological polar surface area (TPSA) is 804 Å². The largest absolute Gasteiger partial charge is 0.480 e. The smallest absolute Gasteiger partial charge is 0.322 e. The lowest BCUT2D eigenvalue weighted by atomic mass is 10.0. The Labute approximate surface area is 588 Å². The van der Waals surface area contributed by atoms with Crippen LogP contribution in [-0.2, 0) is 60.9 Å². The quantitative estimate of drug-likeness (QED) is 0.0197. The third-order valence-electron chi connectivity index (χ3n) is 15.3. The van der Waals surface area contributed by atoms with Crippen LogP contribution in [0.2, 0.25) is 0 Å². The van der Waals surface area contributed by atoms with Gasteiger partial charge in [0.05, 0.1) is 30.7 Å². The van der Waals surface area contributed by atoms with Gasteiger partial charge in [0.15, 0.2) is 0 Å². The SMILES string of the molecule is [N-]=[N+]=NC1CCN(C(=O)CC[C@H](N)C(=O)O)C1.[N-]=[N+]=NC1CCN(C(=O)NC[C@H](N)C(=O)O)C1.[N-]=[N+]=NC1CNC(C(=O)NC[C@H](N)C(=O)O)C1.[N-]=[N+]=NCC1CCN(C(=O)CC[C@H](N)C(=O)O)C1.[N-]=[N+]=NCCCC(=O)CCCCC[C@H](N)C(=O)O.[N-]=[N+]=NCc1ccc(C[C@H](N)C(=O)O)cc1. The van der Waals surface area contributed by atoms with Gasteiger partial charge in [-0.05, 0) is 114 Å².